The Balaban J connectivity index is 1.83. The molecule has 1 aliphatic heterocycles. The van der Waals surface area contributed by atoms with Crippen molar-refractivity contribution < 1.29 is 32.2 Å². The van der Waals surface area contributed by atoms with Crippen molar-refractivity contribution in [3.63, 3.8) is 0 Å². The second kappa shape index (κ2) is 8.76. The molecule has 0 spiro atoms. The summed E-state index contributed by atoms with van der Waals surface area (Å²) in [5, 5.41) is 3.77. The molecular weight excluding hydrogens is 447 g/mol. The second-order valence-electron chi connectivity index (χ2n) is 8.70. The van der Waals surface area contributed by atoms with E-state index in [1.54, 1.807) is 25.7 Å². The van der Waals surface area contributed by atoms with Crippen molar-refractivity contribution in [3.05, 3.63) is 22.6 Å². The third kappa shape index (κ3) is 5.25. The van der Waals surface area contributed by atoms with Gasteiger partial charge in [-0.3, -0.25) is 4.79 Å². The molecule has 0 unspecified atom stereocenters. The van der Waals surface area contributed by atoms with Gasteiger partial charge in [-0.05, 0) is 27.7 Å². The first-order chi connectivity index (χ1) is 14.8. The van der Waals surface area contributed by atoms with Crippen molar-refractivity contribution in [1.82, 2.24) is 15.2 Å². The number of nitrogens with zero attached hydrogens (tertiary/aromatic N) is 2. The van der Waals surface area contributed by atoms with Crippen molar-refractivity contribution in [2.75, 3.05) is 13.6 Å². The molecule has 2 amide bonds. The zero-order valence-electron chi connectivity index (χ0n) is 18.5. The van der Waals surface area contributed by atoms with E-state index in [1.165, 1.54) is 12.4 Å². The summed E-state index contributed by atoms with van der Waals surface area (Å²) in [6.45, 7) is 7.52. The van der Waals surface area contributed by atoms with Gasteiger partial charge in [-0.25, -0.2) is 9.78 Å². The quantitative estimate of drug-likeness (QED) is 0.690. The highest BCUT2D eigenvalue weighted by molar-refractivity contribution is 7.17. The molecule has 3 heterocycles. The van der Waals surface area contributed by atoms with E-state index in [-0.39, 0.29) is 27.7 Å². The third-order valence-electron chi connectivity index (χ3n) is 5.02. The zero-order chi connectivity index (χ0) is 23.8. The van der Waals surface area contributed by atoms with Gasteiger partial charge in [-0.1, -0.05) is 0 Å². The molecule has 3 rings (SSSR count). The van der Waals surface area contributed by atoms with Crippen LogP contribution in [0.15, 0.2) is 11.4 Å². The fourth-order valence-corrected chi connectivity index (χ4v) is 4.57. The predicted molar refractivity (Wildman–Crippen MR) is 114 cm³/mol. The van der Waals surface area contributed by atoms with Gasteiger partial charge < -0.3 is 19.7 Å². The molecule has 0 aromatic carbocycles. The minimum absolute atomic E-state index is 0.0431. The van der Waals surface area contributed by atoms with Gasteiger partial charge >= 0.3 is 12.3 Å². The van der Waals surface area contributed by atoms with Gasteiger partial charge in [-0.2, -0.15) is 13.2 Å². The number of pyridine rings is 1. The number of alkyl halides is 3. The van der Waals surface area contributed by atoms with E-state index in [4.69, 9.17) is 9.47 Å². The van der Waals surface area contributed by atoms with Crippen LogP contribution < -0.4 is 10.1 Å². The minimum atomic E-state index is -4.63. The average molecular weight is 474 g/mol. The summed E-state index contributed by atoms with van der Waals surface area (Å²) < 4.78 is 52.1. The molecule has 1 N–H and O–H groups in total. The smallest absolute Gasteiger partial charge is 0.418 e. The molecule has 0 bridgehead atoms. The van der Waals surface area contributed by atoms with Crippen LogP contribution in [0.1, 0.15) is 56.5 Å². The van der Waals surface area contributed by atoms with Crippen molar-refractivity contribution in [2.45, 2.75) is 64.5 Å². The lowest BCUT2D eigenvalue weighted by atomic mass is 10.0. The number of hydrogen-bond acceptors (Lipinski definition) is 6. The first kappa shape index (κ1) is 24.1. The first-order valence-corrected chi connectivity index (χ1v) is 11.1. The van der Waals surface area contributed by atoms with Gasteiger partial charge in [0.25, 0.3) is 5.91 Å². The van der Waals surface area contributed by atoms with E-state index in [9.17, 15) is 22.8 Å². The lowest BCUT2D eigenvalue weighted by Gasteiger charge is -2.38. The van der Waals surface area contributed by atoms with Crippen LogP contribution >= 0.6 is 11.3 Å². The molecule has 176 valence electrons. The lowest BCUT2D eigenvalue weighted by molar-refractivity contribution is -0.136. The van der Waals surface area contributed by atoms with E-state index in [0.29, 0.717) is 19.4 Å². The van der Waals surface area contributed by atoms with Crippen molar-refractivity contribution in [3.8, 4) is 5.88 Å². The van der Waals surface area contributed by atoms with Crippen molar-refractivity contribution in [1.29, 1.82) is 0 Å². The number of aromatic nitrogens is 1. The Morgan fingerprint density at radius 1 is 1.28 bits per heavy atom. The Bertz CT molecular complexity index is 1020. The van der Waals surface area contributed by atoms with Crippen LogP contribution in [0.2, 0.25) is 0 Å². The second-order valence-corrected chi connectivity index (χ2v) is 9.58. The van der Waals surface area contributed by atoms with Crippen molar-refractivity contribution >= 4 is 33.6 Å². The van der Waals surface area contributed by atoms with Gasteiger partial charge in [0.1, 0.15) is 11.7 Å². The fourth-order valence-electron chi connectivity index (χ4n) is 3.55. The highest BCUT2D eigenvalue weighted by atomic mass is 32.1. The number of carbonyl (C=O) groups excluding carboxylic acids is 2. The highest BCUT2D eigenvalue weighted by Crippen LogP contribution is 2.40. The van der Waals surface area contributed by atoms with E-state index < -0.39 is 35.4 Å². The number of likely N-dealkylation sites (tertiary alicyclic amines) is 1. The molecule has 2 aromatic rings. The molecule has 1 saturated heterocycles. The maximum atomic E-state index is 13.7. The topological polar surface area (TPSA) is 80.8 Å². The number of fused-ring (bicyclic) bond motifs is 1. The van der Waals surface area contributed by atoms with E-state index in [1.807, 2.05) is 6.92 Å². The van der Waals surface area contributed by atoms with Crippen LogP contribution in [0.3, 0.4) is 0 Å². The molecule has 0 saturated carbocycles. The Labute approximate surface area is 187 Å². The molecule has 0 radical (unpaired) electrons. The Morgan fingerprint density at radius 2 is 1.97 bits per heavy atom. The molecule has 7 nitrogen and oxygen atoms in total. The maximum absolute atomic E-state index is 13.7. The molecule has 0 aliphatic carbocycles. The Hall–Kier alpha value is -2.56. The SMILES string of the molecule is CNC(=O)c1csc2c(C(F)(F)F)cc(O[C@@H]3CCN(C(=O)OC(C)(C)C)[C@H](C)C3)nc12. The summed E-state index contributed by atoms with van der Waals surface area (Å²) in [6.07, 6.45) is -4.67. The summed E-state index contributed by atoms with van der Waals surface area (Å²) in [5.41, 5.74) is -1.49. The van der Waals surface area contributed by atoms with E-state index >= 15 is 0 Å². The molecule has 11 heteroatoms. The fraction of sp³-hybridized carbons (Fsp3) is 0.571. The number of thiophene rings is 1. The normalized spacial score (nSPS) is 19.7. The van der Waals surface area contributed by atoms with Crippen LogP contribution in [0.25, 0.3) is 10.2 Å². The standard InChI is InChI=1S/C21H26F3N3O4S/c1-11-8-12(6-7-27(11)19(29)31-20(2,3)4)30-15-9-14(21(22,23)24)17-16(26-15)13(10-32-17)18(28)25-5/h9-12H,6-8H2,1-5H3,(H,25,28)/t11-,12-/m1/s1. The summed E-state index contributed by atoms with van der Waals surface area (Å²) in [4.78, 5) is 30.3. The summed E-state index contributed by atoms with van der Waals surface area (Å²) >= 11 is 0.817. The Morgan fingerprint density at radius 3 is 2.53 bits per heavy atom. The average Bonchev–Trinajstić information content (AvgIpc) is 3.08. The largest absolute Gasteiger partial charge is 0.474 e. The van der Waals surface area contributed by atoms with Gasteiger partial charge in [0, 0.05) is 43.9 Å². The molecule has 1 fully saturated rings. The van der Waals surface area contributed by atoms with Gasteiger partial charge in [0.05, 0.1) is 21.3 Å². The minimum Gasteiger partial charge on any atom is -0.474 e. The number of hydrogen-bond donors (Lipinski definition) is 1. The number of carbonyl (C=O) groups is 2. The summed E-state index contributed by atoms with van der Waals surface area (Å²) in [7, 11) is 1.40. The number of amides is 2. The number of halogens is 3. The molecule has 32 heavy (non-hydrogen) atoms. The predicted octanol–water partition coefficient (Wildman–Crippen LogP) is 4.84. The number of rotatable bonds is 3. The van der Waals surface area contributed by atoms with Crippen LogP contribution in [0, 0.1) is 0 Å². The van der Waals surface area contributed by atoms with Gasteiger partial charge in [0.2, 0.25) is 5.88 Å². The maximum Gasteiger partial charge on any atom is 0.418 e. The first-order valence-electron chi connectivity index (χ1n) is 10.2. The lowest BCUT2D eigenvalue weighted by Crippen LogP contribution is -2.49. The van der Waals surface area contributed by atoms with Crippen LogP contribution in [-0.4, -0.2) is 53.2 Å². The third-order valence-corrected chi connectivity index (χ3v) is 6.02. The van der Waals surface area contributed by atoms with Crippen LogP contribution in [0.4, 0.5) is 18.0 Å². The van der Waals surface area contributed by atoms with Gasteiger partial charge in [0.15, 0.2) is 0 Å². The highest BCUT2D eigenvalue weighted by Gasteiger charge is 2.37. The number of piperidine rings is 1. The summed E-state index contributed by atoms with van der Waals surface area (Å²) in [6, 6.07) is 0.647. The molecule has 2 atom stereocenters. The number of nitrogens with one attached hydrogen (secondary N) is 1. The zero-order valence-corrected chi connectivity index (χ0v) is 19.3. The molecule has 1 aliphatic rings. The van der Waals surface area contributed by atoms with E-state index in [2.05, 4.69) is 10.3 Å². The van der Waals surface area contributed by atoms with Crippen molar-refractivity contribution in [2.24, 2.45) is 0 Å². The monoisotopic (exact) mass is 473 g/mol. The Kier molecular flexibility index (Phi) is 6.60. The van der Waals surface area contributed by atoms with E-state index in [0.717, 1.165) is 17.4 Å². The molecular formula is C21H26F3N3O4S. The molecule has 2 aromatic heterocycles. The number of ether oxygens (including phenoxy) is 2. The van der Waals surface area contributed by atoms with Crippen LogP contribution in [-0.2, 0) is 10.9 Å². The van der Waals surface area contributed by atoms with Crippen LogP contribution in [0.5, 0.6) is 5.88 Å². The summed E-state index contributed by atoms with van der Waals surface area (Å²) in [5.74, 6) is -0.718. The van der Waals surface area contributed by atoms with Gasteiger partial charge in [-0.15, -0.1) is 11.3 Å².